The Hall–Kier alpha value is -3.89. The number of halogens is 1. The highest BCUT2D eigenvalue weighted by Crippen LogP contribution is 2.28. The molecule has 2 aromatic heterocycles. The topological polar surface area (TPSA) is 104 Å². The first kappa shape index (κ1) is 25.2. The van der Waals surface area contributed by atoms with E-state index in [1.165, 1.54) is 21.4 Å². The van der Waals surface area contributed by atoms with Crippen LogP contribution < -0.4 is 21.3 Å². The molecule has 0 amide bonds. The Labute approximate surface area is 215 Å². The molecular weight excluding hydrogens is 504 g/mol. The summed E-state index contributed by atoms with van der Waals surface area (Å²) in [6.07, 6.45) is 1.41. The Kier molecular flexibility index (Phi) is 7.87. The Bertz CT molecular complexity index is 1480. The van der Waals surface area contributed by atoms with Crippen LogP contribution in [0.1, 0.15) is 29.1 Å². The highest BCUT2D eigenvalue weighted by atomic mass is 35.5. The van der Waals surface area contributed by atoms with Crippen LogP contribution >= 0.6 is 22.9 Å². The molecule has 4 aromatic rings. The van der Waals surface area contributed by atoms with E-state index in [0.717, 1.165) is 16.9 Å². The second-order valence-corrected chi connectivity index (χ2v) is 9.00. The summed E-state index contributed by atoms with van der Waals surface area (Å²) in [6, 6.07) is 15.5. The van der Waals surface area contributed by atoms with Crippen LogP contribution in [0.4, 0.5) is 11.5 Å². The lowest BCUT2D eigenvalue weighted by Gasteiger charge is -2.16. The van der Waals surface area contributed by atoms with Crippen molar-refractivity contribution in [3.8, 4) is 10.9 Å². The van der Waals surface area contributed by atoms with E-state index < -0.39 is 17.2 Å². The van der Waals surface area contributed by atoms with E-state index in [2.05, 4.69) is 10.3 Å². The maximum absolute atomic E-state index is 13.1. The molecule has 9 nitrogen and oxygen atoms in total. The van der Waals surface area contributed by atoms with Gasteiger partial charge in [0, 0.05) is 23.3 Å². The van der Waals surface area contributed by atoms with E-state index in [1.807, 2.05) is 12.1 Å². The number of anilines is 2. The van der Waals surface area contributed by atoms with Gasteiger partial charge >= 0.3 is 11.7 Å². The molecule has 186 valence electrons. The van der Waals surface area contributed by atoms with Crippen molar-refractivity contribution in [1.29, 1.82) is 0 Å². The summed E-state index contributed by atoms with van der Waals surface area (Å²) in [5.41, 5.74) is 0.703. The molecule has 2 heterocycles. The molecule has 0 unspecified atom stereocenters. The smallest absolute Gasteiger partial charge is 0.350 e. The molecule has 0 saturated carbocycles. The number of hydrogen-bond acceptors (Lipinski definition) is 8. The Morgan fingerprint density at radius 2 is 1.78 bits per heavy atom. The van der Waals surface area contributed by atoms with Crippen LogP contribution in [-0.4, -0.2) is 26.7 Å². The van der Waals surface area contributed by atoms with Crippen molar-refractivity contribution < 1.29 is 14.3 Å². The highest BCUT2D eigenvalue weighted by Gasteiger charge is 2.14. The Morgan fingerprint density at radius 1 is 1.06 bits per heavy atom. The number of ether oxygens (including phenoxy) is 2. The highest BCUT2D eigenvalue weighted by molar-refractivity contribution is 7.15. The van der Waals surface area contributed by atoms with Crippen molar-refractivity contribution in [2.75, 3.05) is 11.9 Å². The van der Waals surface area contributed by atoms with Crippen LogP contribution in [-0.2, 0) is 17.8 Å². The van der Waals surface area contributed by atoms with Crippen molar-refractivity contribution in [1.82, 2.24) is 14.1 Å². The summed E-state index contributed by atoms with van der Waals surface area (Å²) < 4.78 is 13.4. The number of carbonyl (C=O) groups is 1. The van der Waals surface area contributed by atoms with Crippen LogP contribution in [0.25, 0.3) is 0 Å². The molecule has 0 spiro atoms. The van der Waals surface area contributed by atoms with Crippen LogP contribution in [0.15, 0.2) is 70.4 Å². The fourth-order valence-corrected chi connectivity index (χ4v) is 4.20. The summed E-state index contributed by atoms with van der Waals surface area (Å²) in [5.74, 6) is 0.418. The van der Waals surface area contributed by atoms with E-state index in [-0.39, 0.29) is 19.7 Å². The molecule has 4 rings (SSSR count). The first-order valence-electron chi connectivity index (χ1n) is 11.1. The molecule has 36 heavy (non-hydrogen) atoms. The van der Waals surface area contributed by atoms with Gasteiger partial charge in [0.15, 0.2) is 0 Å². The zero-order valence-electron chi connectivity index (χ0n) is 19.6. The molecule has 0 fully saturated rings. The first-order valence-corrected chi connectivity index (χ1v) is 12.3. The molecule has 0 saturated heterocycles. The van der Waals surface area contributed by atoms with E-state index in [9.17, 15) is 14.4 Å². The number of thiazole rings is 1. The molecule has 0 atom stereocenters. The Morgan fingerprint density at radius 3 is 2.44 bits per heavy atom. The second-order valence-electron chi connectivity index (χ2n) is 7.57. The summed E-state index contributed by atoms with van der Waals surface area (Å²) in [4.78, 5) is 41.8. The van der Waals surface area contributed by atoms with E-state index in [0.29, 0.717) is 32.3 Å². The van der Waals surface area contributed by atoms with Crippen LogP contribution in [0, 0.1) is 0 Å². The van der Waals surface area contributed by atoms with E-state index >= 15 is 0 Å². The lowest BCUT2D eigenvalue weighted by molar-refractivity contribution is 0.0532. The number of esters is 1. The summed E-state index contributed by atoms with van der Waals surface area (Å²) in [5, 5.41) is 4.06. The van der Waals surface area contributed by atoms with Gasteiger partial charge in [-0.1, -0.05) is 35.1 Å². The third kappa shape index (κ3) is 5.84. The Balaban J connectivity index is 1.55. The van der Waals surface area contributed by atoms with Crippen molar-refractivity contribution in [3.05, 3.63) is 97.1 Å². The zero-order chi connectivity index (χ0) is 25.7. The first-order chi connectivity index (χ1) is 17.4. The monoisotopic (exact) mass is 526 g/mol. The van der Waals surface area contributed by atoms with Crippen molar-refractivity contribution in [3.63, 3.8) is 0 Å². The third-order valence-corrected chi connectivity index (χ3v) is 6.25. The molecular formula is C25H23ClN4O5S. The van der Waals surface area contributed by atoms with Gasteiger partial charge in [-0.25, -0.2) is 14.6 Å². The average molecular weight is 527 g/mol. The molecule has 11 heteroatoms. The van der Waals surface area contributed by atoms with Gasteiger partial charge in [-0.3, -0.25) is 13.9 Å². The zero-order valence-corrected chi connectivity index (χ0v) is 21.1. The molecule has 0 bridgehead atoms. The van der Waals surface area contributed by atoms with Gasteiger partial charge in [-0.15, -0.1) is 0 Å². The minimum absolute atomic E-state index is 0.257. The lowest BCUT2D eigenvalue weighted by atomic mass is 10.2. The minimum atomic E-state index is -0.445. The van der Waals surface area contributed by atoms with Gasteiger partial charge in [0.25, 0.3) is 10.8 Å². The van der Waals surface area contributed by atoms with Crippen molar-refractivity contribution >= 4 is 40.4 Å². The molecule has 0 aliphatic heterocycles. The van der Waals surface area contributed by atoms with E-state index in [4.69, 9.17) is 21.1 Å². The normalized spacial score (nSPS) is 10.8. The number of nitrogens with zero attached hydrogens (tertiary/aromatic N) is 3. The fourth-order valence-electron chi connectivity index (χ4n) is 3.39. The third-order valence-electron chi connectivity index (χ3n) is 5.14. The van der Waals surface area contributed by atoms with Crippen LogP contribution in [0.5, 0.6) is 10.9 Å². The molecule has 1 N–H and O–H groups in total. The summed E-state index contributed by atoms with van der Waals surface area (Å²) >= 11 is 7.07. The maximum Gasteiger partial charge on any atom is 0.350 e. The predicted molar refractivity (Wildman–Crippen MR) is 139 cm³/mol. The number of nitrogens with one attached hydrogen (secondary N) is 1. The van der Waals surface area contributed by atoms with E-state index in [1.54, 1.807) is 50.2 Å². The van der Waals surface area contributed by atoms with Gasteiger partial charge in [-0.05, 0) is 55.8 Å². The molecule has 2 aromatic carbocycles. The number of aromatic nitrogens is 3. The van der Waals surface area contributed by atoms with Gasteiger partial charge in [0.05, 0.1) is 19.3 Å². The SMILES string of the molecule is CCOC(=O)c1cnc(Oc2ccc(Nc3cc(=O)n(CC)c(=O)n3Cc3ccc(Cl)cc3)cc2)s1. The molecule has 0 aliphatic rings. The average Bonchev–Trinajstić information content (AvgIpc) is 3.33. The van der Waals surface area contributed by atoms with Gasteiger partial charge in [0.1, 0.15) is 16.4 Å². The maximum atomic E-state index is 13.1. The largest absolute Gasteiger partial charge is 0.462 e. The number of hydrogen-bond donors (Lipinski definition) is 1. The summed E-state index contributed by atoms with van der Waals surface area (Å²) in [6.45, 7) is 4.28. The predicted octanol–water partition coefficient (Wildman–Crippen LogP) is 4.90. The second kappa shape index (κ2) is 11.2. The summed E-state index contributed by atoms with van der Waals surface area (Å²) in [7, 11) is 0. The quantitative estimate of drug-likeness (QED) is 0.309. The number of carbonyl (C=O) groups excluding carboxylic acids is 1. The van der Waals surface area contributed by atoms with Crippen LogP contribution in [0.3, 0.4) is 0 Å². The van der Waals surface area contributed by atoms with Gasteiger partial charge in [-0.2, -0.15) is 0 Å². The standard InChI is InChI=1S/C25H23ClN4O5S/c1-3-29-22(31)13-21(30(25(29)33)15-16-5-7-17(26)8-6-16)28-18-9-11-19(12-10-18)35-24-27-14-20(36-24)23(32)34-4-2/h5-14,28H,3-4,15H2,1-2H3. The van der Waals surface area contributed by atoms with Gasteiger partial charge in [0.2, 0.25) is 0 Å². The number of benzene rings is 2. The molecule has 0 radical (unpaired) electrons. The van der Waals surface area contributed by atoms with Crippen molar-refractivity contribution in [2.45, 2.75) is 26.9 Å². The fraction of sp³-hybridized carbons (Fsp3) is 0.200. The van der Waals surface area contributed by atoms with Gasteiger partial charge < -0.3 is 14.8 Å². The lowest BCUT2D eigenvalue weighted by Crippen LogP contribution is -2.40. The number of rotatable bonds is 9. The van der Waals surface area contributed by atoms with Crippen LogP contribution in [0.2, 0.25) is 5.02 Å². The van der Waals surface area contributed by atoms with Crippen molar-refractivity contribution in [2.24, 2.45) is 0 Å². The molecule has 0 aliphatic carbocycles. The minimum Gasteiger partial charge on any atom is -0.462 e.